The van der Waals surface area contributed by atoms with Gasteiger partial charge in [-0.25, -0.2) is 0 Å². The molecule has 6 nitrogen and oxygen atoms in total. The van der Waals surface area contributed by atoms with Crippen molar-refractivity contribution in [3.05, 3.63) is 109 Å². The molecule has 0 spiro atoms. The molecule has 80 heavy (non-hydrogen) atoms. The number of allylic oxidation sites excluding steroid dienone is 18. The van der Waals surface area contributed by atoms with Gasteiger partial charge in [-0.2, -0.15) is 0 Å². The molecule has 0 aliphatic carbocycles. The van der Waals surface area contributed by atoms with Gasteiger partial charge in [0.1, 0.15) is 13.2 Å². The minimum Gasteiger partial charge on any atom is -0.462 e. The Balaban J connectivity index is 4.14. The van der Waals surface area contributed by atoms with E-state index < -0.39 is 6.10 Å². The zero-order valence-electron chi connectivity index (χ0n) is 52.6. The van der Waals surface area contributed by atoms with E-state index in [1.807, 2.05) is 0 Å². The van der Waals surface area contributed by atoms with Crippen molar-refractivity contribution in [1.29, 1.82) is 0 Å². The van der Waals surface area contributed by atoms with Crippen LogP contribution in [-0.2, 0) is 28.6 Å². The Morgan fingerprint density at radius 1 is 0.263 bits per heavy atom. The lowest BCUT2D eigenvalue weighted by molar-refractivity contribution is -0.167. The van der Waals surface area contributed by atoms with Crippen molar-refractivity contribution in [2.24, 2.45) is 0 Å². The molecule has 0 aliphatic heterocycles. The van der Waals surface area contributed by atoms with Gasteiger partial charge in [-0.3, -0.25) is 14.4 Å². The van der Waals surface area contributed by atoms with E-state index in [2.05, 4.69) is 130 Å². The van der Waals surface area contributed by atoms with Crippen molar-refractivity contribution in [3.63, 3.8) is 0 Å². The maximum absolute atomic E-state index is 12.9. The molecule has 0 fully saturated rings. The Labute approximate surface area is 495 Å². The van der Waals surface area contributed by atoms with E-state index in [9.17, 15) is 14.4 Å². The van der Waals surface area contributed by atoms with Gasteiger partial charge in [-0.15, -0.1) is 0 Å². The van der Waals surface area contributed by atoms with Crippen molar-refractivity contribution in [2.75, 3.05) is 13.2 Å². The molecule has 0 amide bonds. The fraction of sp³-hybridized carbons (Fsp3) is 0.716. The molecule has 0 radical (unpaired) electrons. The molecule has 0 aromatic heterocycles. The third-order valence-corrected chi connectivity index (χ3v) is 14.5. The number of ether oxygens (including phenoxy) is 3. The van der Waals surface area contributed by atoms with Gasteiger partial charge in [0.05, 0.1) is 0 Å². The van der Waals surface area contributed by atoms with Crippen LogP contribution in [0, 0.1) is 0 Å². The molecule has 0 heterocycles. The van der Waals surface area contributed by atoms with Crippen molar-refractivity contribution < 1.29 is 28.6 Å². The minimum atomic E-state index is -0.778. The molecule has 0 rings (SSSR count). The van der Waals surface area contributed by atoms with E-state index >= 15 is 0 Å². The van der Waals surface area contributed by atoms with Crippen LogP contribution >= 0.6 is 0 Å². The second kappa shape index (κ2) is 67.6. The van der Waals surface area contributed by atoms with Crippen LogP contribution in [-0.4, -0.2) is 37.2 Å². The molecule has 0 aromatic rings. The van der Waals surface area contributed by atoms with E-state index in [4.69, 9.17) is 14.2 Å². The molecule has 0 aliphatic rings. The van der Waals surface area contributed by atoms with Gasteiger partial charge in [0.2, 0.25) is 0 Å². The van der Waals surface area contributed by atoms with Crippen molar-refractivity contribution in [1.82, 2.24) is 0 Å². The molecule has 6 heteroatoms. The number of hydrogen-bond donors (Lipinski definition) is 0. The average Bonchev–Trinajstić information content (AvgIpc) is 3.46. The first-order valence-corrected chi connectivity index (χ1v) is 33.9. The van der Waals surface area contributed by atoms with E-state index in [1.54, 1.807) is 0 Å². The Bertz CT molecular complexity index is 1610. The van der Waals surface area contributed by atoms with Crippen LogP contribution in [0.2, 0.25) is 0 Å². The van der Waals surface area contributed by atoms with Gasteiger partial charge in [0.25, 0.3) is 0 Å². The van der Waals surface area contributed by atoms with Crippen molar-refractivity contribution >= 4 is 17.9 Å². The highest BCUT2D eigenvalue weighted by atomic mass is 16.6. The van der Waals surface area contributed by atoms with E-state index in [-0.39, 0.29) is 31.1 Å². The summed E-state index contributed by atoms with van der Waals surface area (Å²) < 4.78 is 16.9. The van der Waals surface area contributed by atoms with Gasteiger partial charge < -0.3 is 14.2 Å². The molecule has 458 valence electrons. The number of esters is 3. The quantitative estimate of drug-likeness (QED) is 0.0261. The van der Waals surface area contributed by atoms with Gasteiger partial charge in [0, 0.05) is 19.3 Å². The average molecular weight is 1110 g/mol. The van der Waals surface area contributed by atoms with Crippen LogP contribution in [0.25, 0.3) is 0 Å². The Kier molecular flexibility index (Phi) is 64.3. The third kappa shape index (κ3) is 64.9. The lowest BCUT2D eigenvalue weighted by Gasteiger charge is -2.18. The number of unbranched alkanes of at least 4 members (excludes halogenated alkanes) is 32. The fourth-order valence-electron chi connectivity index (χ4n) is 9.52. The molecule has 1 unspecified atom stereocenters. The topological polar surface area (TPSA) is 78.9 Å². The number of carbonyl (C=O) groups excluding carboxylic acids is 3. The van der Waals surface area contributed by atoms with Gasteiger partial charge in [-0.05, 0) is 103 Å². The van der Waals surface area contributed by atoms with Crippen LogP contribution in [0.15, 0.2) is 109 Å². The van der Waals surface area contributed by atoms with Crippen LogP contribution in [0.5, 0.6) is 0 Å². The number of carbonyl (C=O) groups is 3. The lowest BCUT2D eigenvalue weighted by atomic mass is 10.0. The van der Waals surface area contributed by atoms with Gasteiger partial charge in [0.15, 0.2) is 6.10 Å². The maximum Gasteiger partial charge on any atom is 0.306 e. The first-order valence-electron chi connectivity index (χ1n) is 33.9. The monoisotopic (exact) mass is 1110 g/mol. The summed E-state index contributed by atoms with van der Waals surface area (Å²) in [5, 5.41) is 0. The Morgan fingerprint density at radius 3 is 0.762 bits per heavy atom. The molecule has 0 saturated carbocycles. The highest BCUT2D eigenvalue weighted by molar-refractivity contribution is 5.71. The standard InChI is InChI=1S/C74H126O6/c1-4-7-10-13-16-19-21-23-25-27-29-31-33-35-36-37-38-40-41-43-45-47-49-51-53-55-58-61-64-67-73(76)79-70-71(69-78-72(75)66-63-60-57-18-15-12-9-6-3)80-74(77)68-65-62-59-56-54-52-50-48-46-44-42-39-34-32-30-28-26-24-22-20-17-14-11-8-5-2/h7-8,10-11,16-17,19-20,23-26,29-32,35-36,71H,4-6,9,12-15,18,21-22,27-28,33-34,37-70H2,1-3H3/b10-7-,11-8-,19-16-,20-17-,25-23-,26-24-,31-29-,32-30-,36-35-. The predicted molar refractivity (Wildman–Crippen MR) is 348 cm³/mol. The van der Waals surface area contributed by atoms with Crippen LogP contribution in [0.4, 0.5) is 0 Å². The predicted octanol–water partition coefficient (Wildman–Crippen LogP) is 23.4. The van der Waals surface area contributed by atoms with Crippen LogP contribution in [0.3, 0.4) is 0 Å². The van der Waals surface area contributed by atoms with Crippen molar-refractivity contribution in [3.8, 4) is 0 Å². The summed E-state index contributed by atoms with van der Waals surface area (Å²) in [6.45, 7) is 6.41. The van der Waals surface area contributed by atoms with E-state index in [1.165, 1.54) is 167 Å². The minimum absolute atomic E-state index is 0.0761. The summed E-state index contributed by atoms with van der Waals surface area (Å²) >= 11 is 0. The van der Waals surface area contributed by atoms with Crippen LogP contribution < -0.4 is 0 Å². The Morgan fingerprint density at radius 2 is 0.487 bits per heavy atom. The summed E-state index contributed by atoms with van der Waals surface area (Å²) in [5.41, 5.74) is 0. The molecule has 0 aromatic carbocycles. The zero-order valence-corrected chi connectivity index (χ0v) is 52.6. The second-order valence-electron chi connectivity index (χ2n) is 22.3. The summed E-state index contributed by atoms with van der Waals surface area (Å²) in [4.78, 5) is 38.2. The summed E-state index contributed by atoms with van der Waals surface area (Å²) in [6.07, 6.45) is 92.7. The van der Waals surface area contributed by atoms with Gasteiger partial charge in [-0.1, -0.05) is 310 Å². The van der Waals surface area contributed by atoms with E-state index in [0.717, 1.165) is 116 Å². The highest BCUT2D eigenvalue weighted by Gasteiger charge is 2.19. The summed E-state index contributed by atoms with van der Waals surface area (Å²) in [7, 11) is 0. The number of rotatable bonds is 61. The zero-order chi connectivity index (χ0) is 57.8. The molecular weight excluding hydrogens is 985 g/mol. The lowest BCUT2D eigenvalue weighted by Crippen LogP contribution is -2.30. The Hall–Kier alpha value is -3.93. The molecule has 0 N–H and O–H groups in total. The van der Waals surface area contributed by atoms with Crippen LogP contribution in [0.1, 0.15) is 323 Å². The first-order chi connectivity index (χ1) is 39.5. The fourth-order valence-corrected chi connectivity index (χ4v) is 9.52. The largest absolute Gasteiger partial charge is 0.462 e. The molecule has 0 bridgehead atoms. The first kappa shape index (κ1) is 76.1. The summed E-state index contributed by atoms with van der Waals surface area (Å²) in [6, 6.07) is 0. The SMILES string of the molecule is CC/C=C\C/C=C\C/C=C\C/C=C\C/C=C\CCCCCCCCCCCCCCCC(=O)OCC(COC(=O)CCCCCCCCCC)OC(=O)CCCCCCCCCCCCCC/C=C\C/C=C\C/C=C\C/C=C\CC. The van der Waals surface area contributed by atoms with Gasteiger partial charge >= 0.3 is 17.9 Å². The summed E-state index contributed by atoms with van der Waals surface area (Å²) in [5.74, 6) is -0.873. The second-order valence-corrected chi connectivity index (χ2v) is 22.3. The van der Waals surface area contributed by atoms with Crippen molar-refractivity contribution in [2.45, 2.75) is 329 Å². The smallest absolute Gasteiger partial charge is 0.306 e. The molecule has 1 atom stereocenters. The third-order valence-electron chi connectivity index (χ3n) is 14.5. The number of hydrogen-bond acceptors (Lipinski definition) is 6. The normalized spacial score (nSPS) is 12.8. The maximum atomic E-state index is 12.9. The van der Waals surface area contributed by atoms with E-state index in [0.29, 0.717) is 19.3 Å². The molecule has 0 saturated heterocycles. The highest BCUT2D eigenvalue weighted by Crippen LogP contribution is 2.17. The molecular formula is C74H126O6.